The summed E-state index contributed by atoms with van der Waals surface area (Å²) in [6.07, 6.45) is 8.26. The molecule has 0 bridgehead atoms. The molecular weight excluding hydrogens is 292 g/mol. The molecule has 2 aromatic heterocycles. The molecule has 1 aliphatic heterocycles. The van der Waals surface area contributed by atoms with Gasteiger partial charge in [0.2, 0.25) is 5.78 Å². The Morgan fingerprint density at radius 1 is 1.60 bits per heavy atom. The van der Waals surface area contributed by atoms with Crippen LogP contribution in [0.5, 0.6) is 0 Å². The lowest BCUT2D eigenvalue weighted by Gasteiger charge is -2.11. The van der Waals surface area contributed by atoms with Gasteiger partial charge in [0.25, 0.3) is 0 Å². The molecule has 3 heterocycles. The number of imidazole rings is 1. The van der Waals surface area contributed by atoms with Gasteiger partial charge in [-0.25, -0.2) is 9.97 Å². The SMILES string of the molecule is S=C(NC[C@@H]1CCCO1)SCc1cn2cccnc2n1. The molecule has 0 saturated carbocycles. The molecule has 0 unspecified atom stereocenters. The quantitative estimate of drug-likeness (QED) is 0.872. The second kappa shape index (κ2) is 6.51. The van der Waals surface area contributed by atoms with E-state index in [1.165, 1.54) is 0 Å². The van der Waals surface area contributed by atoms with Crippen molar-refractivity contribution in [2.75, 3.05) is 13.2 Å². The fraction of sp³-hybridized carbons (Fsp3) is 0.462. The van der Waals surface area contributed by atoms with Gasteiger partial charge in [-0.2, -0.15) is 0 Å². The van der Waals surface area contributed by atoms with Crippen LogP contribution in [0.4, 0.5) is 0 Å². The number of thiocarbonyl (C=S) groups is 1. The van der Waals surface area contributed by atoms with Gasteiger partial charge in [0.05, 0.1) is 11.8 Å². The molecule has 3 rings (SSSR count). The molecule has 20 heavy (non-hydrogen) atoms. The van der Waals surface area contributed by atoms with Gasteiger partial charge in [0.1, 0.15) is 4.32 Å². The largest absolute Gasteiger partial charge is 0.376 e. The maximum absolute atomic E-state index is 5.55. The van der Waals surface area contributed by atoms with E-state index >= 15 is 0 Å². The van der Waals surface area contributed by atoms with Crippen LogP contribution < -0.4 is 5.32 Å². The molecule has 0 radical (unpaired) electrons. The first kappa shape index (κ1) is 13.8. The van der Waals surface area contributed by atoms with Gasteiger partial charge in [-0.15, -0.1) is 0 Å². The molecule has 1 atom stereocenters. The van der Waals surface area contributed by atoms with E-state index in [2.05, 4.69) is 15.3 Å². The standard InChI is InChI=1S/C13H16N4OS2/c19-13(15-7-11-3-1-6-18-11)20-9-10-8-17-5-2-4-14-12(17)16-10/h2,4-5,8,11H,1,3,6-7,9H2,(H,15,19)/t11-/m0/s1. The van der Waals surface area contributed by atoms with E-state index in [0.29, 0.717) is 6.10 Å². The Morgan fingerprint density at radius 2 is 2.55 bits per heavy atom. The molecule has 0 spiro atoms. The van der Waals surface area contributed by atoms with E-state index < -0.39 is 0 Å². The van der Waals surface area contributed by atoms with Crippen molar-refractivity contribution in [1.29, 1.82) is 0 Å². The number of hydrogen-bond donors (Lipinski definition) is 1. The Balaban J connectivity index is 1.47. The molecule has 7 heteroatoms. The first-order chi connectivity index (χ1) is 9.81. The Bertz CT molecular complexity index is 562. The molecule has 2 aromatic rings. The number of fused-ring (bicyclic) bond motifs is 1. The van der Waals surface area contributed by atoms with E-state index in [9.17, 15) is 0 Å². The van der Waals surface area contributed by atoms with Crippen molar-refractivity contribution < 1.29 is 4.74 Å². The predicted molar refractivity (Wildman–Crippen MR) is 83.9 cm³/mol. The predicted octanol–water partition coefficient (Wildman–Crippen LogP) is 2.02. The number of nitrogens with zero attached hydrogens (tertiary/aromatic N) is 3. The maximum atomic E-state index is 5.55. The Kier molecular flexibility index (Phi) is 4.49. The zero-order valence-corrected chi connectivity index (χ0v) is 12.6. The Labute approximate surface area is 127 Å². The molecule has 5 nitrogen and oxygen atoms in total. The van der Waals surface area contributed by atoms with Crippen LogP contribution in [0.1, 0.15) is 18.5 Å². The van der Waals surface area contributed by atoms with E-state index in [1.807, 2.05) is 22.9 Å². The summed E-state index contributed by atoms with van der Waals surface area (Å²) in [6, 6.07) is 1.89. The summed E-state index contributed by atoms with van der Waals surface area (Å²) >= 11 is 6.90. The average Bonchev–Trinajstić information content (AvgIpc) is 3.11. The smallest absolute Gasteiger partial charge is 0.233 e. The summed E-state index contributed by atoms with van der Waals surface area (Å²) in [5, 5.41) is 3.25. The van der Waals surface area contributed by atoms with Gasteiger partial charge >= 0.3 is 0 Å². The highest BCUT2D eigenvalue weighted by molar-refractivity contribution is 8.22. The van der Waals surface area contributed by atoms with Crippen LogP contribution >= 0.6 is 24.0 Å². The second-order valence-corrected chi connectivity index (χ2v) is 6.30. The number of hydrogen-bond acceptors (Lipinski definition) is 5. The minimum absolute atomic E-state index is 0.313. The molecule has 0 amide bonds. The lowest BCUT2D eigenvalue weighted by molar-refractivity contribution is 0.114. The highest BCUT2D eigenvalue weighted by Gasteiger charge is 2.15. The van der Waals surface area contributed by atoms with Crippen molar-refractivity contribution in [3.63, 3.8) is 0 Å². The van der Waals surface area contributed by atoms with Crippen molar-refractivity contribution in [1.82, 2.24) is 19.7 Å². The molecule has 1 N–H and O–H groups in total. The Morgan fingerprint density at radius 3 is 3.35 bits per heavy atom. The fourth-order valence-corrected chi connectivity index (χ4v) is 3.01. The zero-order valence-electron chi connectivity index (χ0n) is 11.0. The third-order valence-electron chi connectivity index (χ3n) is 3.13. The van der Waals surface area contributed by atoms with Crippen molar-refractivity contribution in [2.45, 2.75) is 24.7 Å². The molecule has 1 fully saturated rings. The molecule has 106 valence electrons. The van der Waals surface area contributed by atoms with Crippen molar-refractivity contribution in [2.24, 2.45) is 0 Å². The van der Waals surface area contributed by atoms with Gasteiger partial charge in [-0.3, -0.25) is 4.40 Å². The van der Waals surface area contributed by atoms with Crippen molar-refractivity contribution in [3.05, 3.63) is 30.4 Å². The average molecular weight is 308 g/mol. The highest BCUT2D eigenvalue weighted by Crippen LogP contribution is 2.14. The number of nitrogens with one attached hydrogen (secondary N) is 1. The number of ether oxygens (including phenoxy) is 1. The van der Waals surface area contributed by atoms with Crippen LogP contribution in [0.3, 0.4) is 0 Å². The van der Waals surface area contributed by atoms with E-state index in [4.69, 9.17) is 17.0 Å². The topological polar surface area (TPSA) is 51.5 Å². The van der Waals surface area contributed by atoms with Gasteiger partial charge in [-0.1, -0.05) is 24.0 Å². The highest BCUT2D eigenvalue weighted by atomic mass is 32.2. The number of rotatable bonds is 4. The van der Waals surface area contributed by atoms with Crippen LogP contribution in [0, 0.1) is 0 Å². The summed E-state index contributed by atoms with van der Waals surface area (Å²) in [4.78, 5) is 8.64. The first-order valence-corrected chi connectivity index (χ1v) is 8.01. The van der Waals surface area contributed by atoms with Crippen molar-refractivity contribution in [3.8, 4) is 0 Å². The summed E-state index contributed by atoms with van der Waals surface area (Å²) in [7, 11) is 0. The van der Waals surface area contributed by atoms with Crippen molar-refractivity contribution >= 4 is 34.1 Å². The zero-order chi connectivity index (χ0) is 13.8. The van der Waals surface area contributed by atoms with Crippen LogP contribution in [0.15, 0.2) is 24.7 Å². The van der Waals surface area contributed by atoms with Gasteiger partial charge in [0, 0.05) is 37.5 Å². The van der Waals surface area contributed by atoms with Gasteiger partial charge in [0.15, 0.2) is 0 Å². The fourth-order valence-electron chi connectivity index (χ4n) is 2.14. The monoisotopic (exact) mass is 308 g/mol. The summed E-state index contributed by atoms with van der Waals surface area (Å²) < 4.78 is 8.26. The van der Waals surface area contributed by atoms with Gasteiger partial charge in [-0.05, 0) is 18.9 Å². The summed E-state index contributed by atoms with van der Waals surface area (Å²) in [5.74, 6) is 1.47. The second-order valence-electron chi connectivity index (χ2n) is 4.65. The van der Waals surface area contributed by atoms with Crippen LogP contribution in [-0.2, 0) is 10.5 Å². The minimum Gasteiger partial charge on any atom is -0.376 e. The molecule has 1 saturated heterocycles. The normalized spacial score (nSPS) is 18.5. The first-order valence-electron chi connectivity index (χ1n) is 6.62. The number of thioether (sulfide) groups is 1. The van der Waals surface area contributed by atoms with E-state index in [1.54, 1.807) is 18.0 Å². The number of aromatic nitrogens is 3. The molecule has 0 aromatic carbocycles. The lowest BCUT2D eigenvalue weighted by atomic mass is 10.2. The van der Waals surface area contributed by atoms with Gasteiger partial charge < -0.3 is 10.1 Å². The summed E-state index contributed by atoms with van der Waals surface area (Å²) in [5.41, 5.74) is 0.981. The lowest BCUT2D eigenvalue weighted by Crippen LogP contribution is -2.28. The van der Waals surface area contributed by atoms with Crippen LogP contribution in [0.2, 0.25) is 0 Å². The van der Waals surface area contributed by atoms with Crippen LogP contribution in [-0.4, -0.2) is 37.9 Å². The molecule has 1 aliphatic rings. The maximum Gasteiger partial charge on any atom is 0.233 e. The van der Waals surface area contributed by atoms with Crippen LogP contribution in [0.25, 0.3) is 5.78 Å². The molecular formula is C13H16N4OS2. The van der Waals surface area contributed by atoms with E-state index in [0.717, 1.165) is 47.5 Å². The third kappa shape index (κ3) is 3.47. The minimum atomic E-state index is 0.313. The summed E-state index contributed by atoms with van der Waals surface area (Å²) in [6.45, 7) is 1.68. The third-order valence-corrected chi connectivity index (χ3v) is 4.48. The Hall–Kier alpha value is -1.18. The van der Waals surface area contributed by atoms with E-state index in [-0.39, 0.29) is 0 Å². The molecule has 0 aliphatic carbocycles.